The van der Waals surface area contributed by atoms with Crippen molar-refractivity contribution in [3.63, 3.8) is 0 Å². The molecule has 0 aromatic carbocycles. The van der Waals surface area contributed by atoms with Crippen LogP contribution in [0, 0.1) is 0 Å². The van der Waals surface area contributed by atoms with E-state index in [-0.39, 0.29) is 35.1 Å². The fraction of sp³-hybridized carbons (Fsp3) is 0.353. The zero-order valence-electron chi connectivity index (χ0n) is 15.2. The van der Waals surface area contributed by atoms with Crippen LogP contribution in [0.3, 0.4) is 0 Å². The number of hydrogen-bond donors (Lipinski definition) is 3. The van der Waals surface area contributed by atoms with Crippen molar-refractivity contribution >= 4 is 52.6 Å². The van der Waals surface area contributed by atoms with Crippen molar-refractivity contribution in [2.75, 3.05) is 12.4 Å². The molecule has 154 valence electrons. The van der Waals surface area contributed by atoms with Gasteiger partial charge >= 0.3 is 11.9 Å². The van der Waals surface area contributed by atoms with E-state index in [4.69, 9.17) is 5.11 Å². The number of rotatable bonds is 8. The number of β-lactam (4-membered cyclic amide) rings is 1. The summed E-state index contributed by atoms with van der Waals surface area (Å²) >= 11 is 2.73. The minimum Gasteiger partial charge on any atom is -0.479 e. The van der Waals surface area contributed by atoms with E-state index in [1.54, 1.807) is 0 Å². The van der Waals surface area contributed by atoms with E-state index in [0.29, 0.717) is 0 Å². The molecule has 0 saturated carbocycles. The SMILES string of the molecule is CC(=NOCC(=O)O)C1=C(C(=O)O)N2C(=O)[C@@H](NC(=O)Cc3cccs3)[C@H]2SC1. The summed E-state index contributed by atoms with van der Waals surface area (Å²) in [5.74, 6) is -3.13. The predicted molar refractivity (Wildman–Crippen MR) is 104 cm³/mol. The number of carbonyl (C=O) groups excluding carboxylic acids is 2. The van der Waals surface area contributed by atoms with Gasteiger partial charge in [-0.25, -0.2) is 9.59 Å². The molecule has 2 aliphatic rings. The molecule has 0 spiro atoms. The molecule has 0 bridgehead atoms. The van der Waals surface area contributed by atoms with Gasteiger partial charge in [-0.3, -0.25) is 14.5 Å². The number of thioether (sulfide) groups is 1. The van der Waals surface area contributed by atoms with E-state index in [1.165, 1.54) is 30.0 Å². The Balaban J connectivity index is 1.73. The lowest BCUT2D eigenvalue weighted by Crippen LogP contribution is -2.70. The van der Waals surface area contributed by atoms with Gasteiger partial charge < -0.3 is 20.4 Å². The molecule has 0 aliphatic carbocycles. The van der Waals surface area contributed by atoms with Crippen LogP contribution >= 0.6 is 23.1 Å². The van der Waals surface area contributed by atoms with E-state index in [0.717, 1.165) is 9.78 Å². The number of nitrogens with zero attached hydrogens (tertiary/aromatic N) is 2. The molecule has 1 fully saturated rings. The maximum Gasteiger partial charge on any atom is 0.353 e. The Hall–Kier alpha value is -2.86. The van der Waals surface area contributed by atoms with Gasteiger partial charge in [0.15, 0.2) is 0 Å². The maximum atomic E-state index is 12.6. The number of nitrogens with one attached hydrogen (secondary N) is 1. The largest absolute Gasteiger partial charge is 0.479 e. The number of carboxylic acid groups (broad SMARTS) is 2. The Morgan fingerprint density at radius 1 is 1.38 bits per heavy atom. The summed E-state index contributed by atoms with van der Waals surface area (Å²) in [6.07, 6.45) is 0.151. The Labute approximate surface area is 173 Å². The fourth-order valence-corrected chi connectivity index (χ4v) is 5.05. The third-order valence-corrected chi connectivity index (χ3v) is 6.38. The van der Waals surface area contributed by atoms with Crippen molar-refractivity contribution in [1.29, 1.82) is 0 Å². The van der Waals surface area contributed by atoms with Crippen molar-refractivity contribution < 1.29 is 34.2 Å². The van der Waals surface area contributed by atoms with E-state index >= 15 is 0 Å². The van der Waals surface area contributed by atoms with Gasteiger partial charge in [-0.05, 0) is 18.4 Å². The van der Waals surface area contributed by atoms with Crippen LogP contribution in [0.25, 0.3) is 0 Å². The number of oxime groups is 1. The molecule has 2 aliphatic heterocycles. The first kappa shape index (κ1) is 20.9. The average molecular weight is 439 g/mol. The van der Waals surface area contributed by atoms with Gasteiger partial charge in [-0.1, -0.05) is 11.2 Å². The predicted octanol–water partition coefficient (Wildman–Crippen LogP) is 0.506. The number of carbonyl (C=O) groups is 4. The van der Waals surface area contributed by atoms with Crippen molar-refractivity contribution in [3.8, 4) is 0 Å². The summed E-state index contributed by atoms with van der Waals surface area (Å²) in [6.45, 7) is 0.815. The smallest absolute Gasteiger partial charge is 0.353 e. The Morgan fingerprint density at radius 3 is 2.76 bits per heavy atom. The first-order chi connectivity index (χ1) is 13.8. The molecule has 12 heteroatoms. The van der Waals surface area contributed by atoms with Gasteiger partial charge in [-0.2, -0.15) is 0 Å². The molecule has 0 unspecified atom stereocenters. The summed E-state index contributed by atoms with van der Waals surface area (Å²) in [7, 11) is 0. The number of amides is 2. The van der Waals surface area contributed by atoms with Crippen LogP contribution in [0.1, 0.15) is 11.8 Å². The van der Waals surface area contributed by atoms with Gasteiger partial charge in [0.1, 0.15) is 17.1 Å². The Bertz CT molecular complexity index is 910. The molecule has 0 radical (unpaired) electrons. The summed E-state index contributed by atoms with van der Waals surface area (Å²) < 4.78 is 0. The molecule has 1 aromatic rings. The highest BCUT2D eigenvalue weighted by Crippen LogP contribution is 2.40. The lowest BCUT2D eigenvalue weighted by atomic mass is 10.0. The zero-order chi connectivity index (χ0) is 21.1. The molecule has 29 heavy (non-hydrogen) atoms. The molecule has 2 amide bonds. The number of aliphatic carboxylic acids is 2. The van der Waals surface area contributed by atoms with Crippen molar-refractivity contribution in [1.82, 2.24) is 10.2 Å². The summed E-state index contributed by atoms with van der Waals surface area (Å²) in [4.78, 5) is 53.7. The molecule has 3 N–H and O–H groups in total. The van der Waals surface area contributed by atoms with Crippen LogP contribution in [-0.4, -0.2) is 68.4 Å². The van der Waals surface area contributed by atoms with Crippen LogP contribution in [-0.2, 0) is 30.4 Å². The second-order valence-corrected chi connectivity index (χ2v) is 8.32. The van der Waals surface area contributed by atoms with Crippen molar-refractivity contribution in [2.24, 2.45) is 5.16 Å². The van der Waals surface area contributed by atoms with Crippen LogP contribution in [0.5, 0.6) is 0 Å². The van der Waals surface area contributed by atoms with E-state index < -0.39 is 35.9 Å². The van der Waals surface area contributed by atoms with Crippen molar-refractivity contribution in [3.05, 3.63) is 33.7 Å². The molecule has 10 nitrogen and oxygen atoms in total. The second kappa shape index (κ2) is 8.66. The minimum absolute atomic E-state index is 0.151. The fourth-order valence-electron chi connectivity index (χ4n) is 2.93. The van der Waals surface area contributed by atoms with Crippen LogP contribution in [0.4, 0.5) is 0 Å². The lowest BCUT2D eigenvalue weighted by Gasteiger charge is -2.49. The highest BCUT2D eigenvalue weighted by molar-refractivity contribution is 8.00. The van der Waals surface area contributed by atoms with E-state index in [9.17, 15) is 24.3 Å². The third-order valence-electron chi connectivity index (χ3n) is 4.23. The molecular formula is C17H17N3O7S2. The number of thiophene rings is 1. The number of fused-ring (bicyclic) bond motifs is 1. The number of carboxylic acids is 2. The van der Waals surface area contributed by atoms with Gasteiger partial charge in [0, 0.05) is 16.2 Å². The van der Waals surface area contributed by atoms with Crippen molar-refractivity contribution in [2.45, 2.75) is 24.8 Å². The standard InChI is InChI=1S/C17H17N3O7S2/c1-8(19-27-6-12(22)23)10-7-29-16-13(15(24)20(16)14(10)17(25)26)18-11(21)5-9-3-2-4-28-9/h2-4,13,16H,5-7H2,1H3,(H,18,21)(H,22,23)(H,25,26)/t13-,16-/m1/s1. The Kier molecular flexibility index (Phi) is 6.23. The molecule has 2 atom stereocenters. The Morgan fingerprint density at radius 2 is 2.14 bits per heavy atom. The summed E-state index contributed by atoms with van der Waals surface area (Å²) in [5, 5.41) is 25.8. The first-order valence-corrected chi connectivity index (χ1v) is 10.3. The van der Waals surface area contributed by atoms with Gasteiger partial charge in [0.05, 0.1) is 12.1 Å². The summed E-state index contributed by atoms with van der Waals surface area (Å²) in [6, 6.07) is 2.85. The van der Waals surface area contributed by atoms with E-state index in [2.05, 4.69) is 15.3 Å². The normalized spacial score (nSPS) is 21.3. The van der Waals surface area contributed by atoms with Crippen LogP contribution < -0.4 is 5.32 Å². The maximum absolute atomic E-state index is 12.6. The van der Waals surface area contributed by atoms with E-state index in [1.807, 2.05) is 17.5 Å². The van der Waals surface area contributed by atoms with Crippen LogP contribution in [0.2, 0.25) is 0 Å². The molecule has 1 aromatic heterocycles. The average Bonchev–Trinajstić information content (AvgIpc) is 3.17. The van der Waals surface area contributed by atoms with Crippen LogP contribution in [0.15, 0.2) is 33.9 Å². The monoisotopic (exact) mass is 439 g/mol. The minimum atomic E-state index is -1.31. The van der Waals surface area contributed by atoms with Gasteiger partial charge in [-0.15, -0.1) is 23.1 Å². The first-order valence-electron chi connectivity index (χ1n) is 8.41. The molecular weight excluding hydrogens is 422 g/mol. The highest BCUT2D eigenvalue weighted by Gasteiger charge is 2.54. The second-order valence-electron chi connectivity index (χ2n) is 6.19. The van der Waals surface area contributed by atoms with Gasteiger partial charge in [0.25, 0.3) is 5.91 Å². The molecule has 1 saturated heterocycles. The lowest BCUT2D eigenvalue weighted by molar-refractivity contribution is -0.150. The highest BCUT2D eigenvalue weighted by atomic mass is 32.2. The quantitative estimate of drug-likeness (QED) is 0.302. The molecule has 3 rings (SSSR count). The topological polar surface area (TPSA) is 146 Å². The summed E-state index contributed by atoms with van der Waals surface area (Å²) in [5.41, 5.74) is 0.205. The number of hydrogen-bond acceptors (Lipinski definition) is 8. The molecule has 3 heterocycles. The third kappa shape index (κ3) is 4.43. The van der Waals surface area contributed by atoms with Gasteiger partial charge in [0.2, 0.25) is 12.5 Å². The zero-order valence-corrected chi connectivity index (χ0v) is 16.8.